The van der Waals surface area contributed by atoms with Crippen LogP contribution in [0.25, 0.3) is 0 Å². The molecule has 2 aromatic carbocycles. The lowest BCUT2D eigenvalue weighted by Gasteiger charge is -2.07. The minimum absolute atomic E-state index is 0.0649. The van der Waals surface area contributed by atoms with Gasteiger partial charge in [-0.15, -0.1) is 11.8 Å². The van der Waals surface area contributed by atoms with Gasteiger partial charge in [-0.05, 0) is 37.1 Å². The Morgan fingerprint density at radius 3 is 2.29 bits per heavy atom. The molecule has 5 heteroatoms. The van der Waals surface area contributed by atoms with E-state index in [9.17, 15) is 9.59 Å². The van der Waals surface area contributed by atoms with Gasteiger partial charge in [0.2, 0.25) is 11.8 Å². The topological polar surface area (TPSA) is 58.2 Å². The van der Waals surface area contributed by atoms with Gasteiger partial charge in [-0.2, -0.15) is 0 Å². The summed E-state index contributed by atoms with van der Waals surface area (Å²) in [6, 6.07) is 15.7. The van der Waals surface area contributed by atoms with Gasteiger partial charge >= 0.3 is 0 Å². The van der Waals surface area contributed by atoms with E-state index in [1.807, 2.05) is 62.4 Å². The molecule has 24 heavy (non-hydrogen) atoms. The number of benzene rings is 2. The first-order valence-corrected chi connectivity index (χ1v) is 8.95. The highest BCUT2D eigenvalue weighted by atomic mass is 32.2. The largest absolute Gasteiger partial charge is 0.351 e. The molecule has 2 aromatic rings. The number of hydrogen-bond acceptors (Lipinski definition) is 3. The van der Waals surface area contributed by atoms with Crippen molar-refractivity contribution in [3.05, 3.63) is 65.2 Å². The molecule has 0 heterocycles. The summed E-state index contributed by atoms with van der Waals surface area (Å²) in [7, 11) is 0. The molecule has 0 spiro atoms. The van der Waals surface area contributed by atoms with Crippen LogP contribution in [0, 0.1) is 13.8 Å². The van der Waals surface area contributed by atoms with Gasteiger partial charge in [-0.1, -0.05) is 42.0 Å². The number of anilines is 1. The van der Waals surface area contributed by atoms with Crippen LogP contribution >= 0.6 is 11.8 Å². The summed E-state index contributed by atoms with van der Waals surface area (Å²) in [6.07, 6.45) is 0. The van der Waals surface area contributed by atoms with Gasteiger partial charge in [0, 0.05) is 12.2 Å². The second-order valence-corrected chi connectivity index (χ2v) is 6.66. The first kappa shape index (κ1) is 18.1. The van der Waals surface area contributed by atoms with Gasteiger partial charge in [0.05, 0.1) is 11.5 Å². The molecule has 2 rings (SSSR count). The summed E-state index contributed by atoms with van der Waals surface area (Å²) in [4.78, 5) is 23.7. The molecule has 0 radical (unpaired) electrons. The van der Waals surface area contributed by atoms with Crippen LogP contribution in [0.3, 0.4) is 0 Å². The molecule has 0 aromatic heterocycles. The number of amides is 2. The van der Waals surface area contributed by atoms with Crippen molar-refractivity contribution in [1.82, 2.24) is 5.32 Å². The van der Waals surface area contributed by atoms with Crippen LogP contribution in [-0.2, 0) is 16.1 Å². The number of carbonyl (C=O) groups excluding carboxylic acids is 2. The second kappa shape index (κ2) is 9.13. The van der Waals surface area contributed by atoms with Crippen molar-refractivity contribution >= 4 is 29.3 Å². The van der Waals surface area contributed by atoms with E-state index in [2.05, 4.69) is 10.6 Å². The summed E-state index contributed by atoms with van der Waals surface area (Å²) < 4.78 is 0. The van der Waals surface area contributed by atoms with E-state index in [1.165, 1.54) is 17.3 Å². The molecule has 0 fully saturated rings. The Labute approximate surface area is 147 Å². The van der Waals surface area contributed by atoms with E-state index < -0.39 is 0 Å². The van der Waals surface area contributed by atoms with Gasteiger partial charge in [-0.3, -0.25) is 9.59 Å². The Kier molecular flexibility index (Phi) is 6.88. The van der Waals surface area contributed by atoms with Gasteiger partial charge in [0.25, 0.3) is 0 Å². The molecule has 126 valence electrons. The highest BCUT2D eigenvalue weighted by Crippen LogP contribution is 2.10. The summed E-state index contributed by atoms with van der Waals surface area (Å²) in [5.41, 5.74) is 4.12. The van der Waals surface area contributed by atoms with E-state index in [0.29, 0.717) is 6.54 Å². The third kappa shape index (κ3) is 6.46. The predicted octanol–water partition coefficient (Wildman–Crippen LogP) is 3.29. The van der Waals surface area contributed by atoms with E-state index in [4.69, 9.17) is 0 Å². The number of thioether (sulfide) groups is 1. The van der Waals surface area contributed by atoms with Crippen molar-refractivity contribution in [2.75, 3.05) is 16.8 Å². The first-order chi connectivity index (χ1) is 11.5. The third-order valence-electron chi connectivity index (χ3n) is 3.34. The average Bonchev–Trinajstić information content (AvgIpc) is 2.53. The quantitative estimate of drug-likeness (QED) is 0.812. The minimum Gasteiger partial charge on any atom is -0.351 e. The zero-order valence-electron chi connectivity index (χ0n) is 14.0. The van der Waals surface area contributed by atoms with Crippen molar-refractivity contribution in [2.24, 2.45) is 0 Å². The summed E-state index contributed by atoms with van der Waals surface area (Å²) in [6.45, 7) is 4.51. The van der Waals surface area contributed by atoms with Crippen molar-refractivity contribution in [1.29, 1.82) is 0 Å². The number of carbonyl (C=O) groups is 2. The lowest BCUT2D eigenvalue weighted by molar-refractivity contribution is -0.118. The zero-order valence-corrected chi connectivity index (χ0v) is 14.8. The van der Waals surface area contributed by atoms with E-state index in [1.54, 1.807) is 0 Å². The molecule has 0 aliphatic rings. The maximum Gasteiger partial charge on any atom is 0.234 e. The maximum absolute atomic E-state index is 11.9. The molecule has 0 saturated heterocycles. The fourth-order valence-electron chi connectivity index (χ4n) is 2.23. The van der Waals surface area contributed by atoms with Crippen LogP contribution in [0.15, 0.2) is 48.5 Å². The monoisotopic (exact) mass is 342 g/mol. The molecule has 0 aliphatic heterocycles. The normalized spacial score (nSPS) is 10.2. The number of aryl methyl sites for hydroxylation is 2. The van der Waals surface area contributed by atoms with Crippen LogP contribution in [-0.4, -0.2) is 23.3 Å². The van der Waals surface area contributed by atoms with Crippen LogP contribution in [0.5, 0.6) is 0 Å². The van der Waals surface area contributed by atoms with Gasteiger partial charge in [0.1, 0.15) is 0 Å². The summed E-state index contributed by atoms with van der Waals surface area (Å²) in [5, 5.41) is 5.69. The first-order valence-electron chi connectivity index (χ1n) is 7.79. The van der Waals surface area contributed by atoms with Crippen molar-refractivity contribution < 1.29 is 9.59 Å². The molecular formula is C19H22N2O2S. The van der Waals surface area contributed by atoms with Crippen LogP contribution < -0.4 is 10.6 Å². The van der Waals surface area contributed by atoms with E-state index in [0.717, 1.165) is 16.8 Å². The predicted molar refractivity (Wildman–Crippen MR) is 100 cm³/mol. The van der Waals surface area contributed by atoms with Crippen LogP contribution in [0.1, 0.15) is 16.7 Å². The highest BCUT2D eigenvalue weighted by molar-refractivity contribution is 8.00. The van der Waals surface area contributed by atoms with Crippen molar-refractivity contribution in [3.8, 4) is 0 Å². The van der Waals surface area contributed by atoms with Gasteiger partial charge in [0.15, 0.2) is 0 Å². The fourth-order valence-corrected chi connectivity index (χ4v) is 2.88. The number of nitrogens with one attached hydrogen (secondary N) is 2. The van der Waals surface area contributed by atoms with Gasteiger partial charge < -0.3 is 10.6 Å². The standard InChI is InChI=1S/C19H22N2O2S/c1-14-5-3-7-16(9-14)11-20-18(22)12-24-13-19(23)21-17-8-4-6-15(2)10-17/h3-10H,11-13H2,1-2H3,(H,20,22)(H,21,23). The lowest BCUT2D eigenvalue weighted by atomic mass is 10.1. The molecule has 0 saturated carbocycles. The third-order valence-corrected chi connectivity index (χ3v) is 4.27. The maximum atomic E-state index is 11.9. The number of rotatable bonds is 7. The minimum atomic E-state index is -0.0999. The Bertz CT molecular complexity index is 716. The lowest BCUT2D eigenvalue weighted by Crippen LogP contribution is -2.25. The van der Waals surface area contributed by atoms with E-state index in [-0.39, 0.29) is 23.3 Å². The molecule has 0 atom stereocenters. The van der Waals surface area contributed by atoms with Crippen molar-refractivity contribution in [2.45, 2.75) is 20.4 Å². The zero-order chi connectivity index (χ0) is 17.4. The SMILES string of the molecule is Cc1cccc(CNC(=O)CSCC(=O)Nc2cccc(C)c2)c1. The Balaban J connectivity index is 1.66. The van der Waals surface area contributed by atoms with Crippen LogP contribution in [0.2, 0.25) is 0 Å². The van der Waals surface area contributed by atoms with Crippen LogP contribution in [0.4, 0.5) is 5.69 Å². The molecule has 2 amide bonds. The molecule has 0 aliphatic carbocycles. The number of hydrogen-bond donors (Lipinski definition) is 2. The fraction of sp³-hybridized carbons (Fsp3) is 0.263. The Hall–Kier alpha value is -2.27. The highest BCUT2D eigenvalue weighted by Gasteiger charge is 2.06. The molecular weight excluding hydrogens is 320 g/mol. The second-order valence-electron chi connectivity index (χ2n) is 5.68. The molecule has 2 N–H and O–H groups in total. The Morgan fingerprint density at radius 2 is 1.58 bits per heavy atom. The molecule has 0 bridgehead atoms. The Morgan fingerprint density at radius 1 is 0.917 bits per heavy atom. The smallest absolute Gasteiger partial charge is 0.234 e. The van der Waals surface area contributed by atoms with Crippen molar-refractivity contribution in [3.63, 3.8) is 0 Å². The van der Waals surface area contributed by atoms with Gasteiger partial charge in [-0.25, -0.2) is 0 Å². The molecule has 4 nitrogen and oxygen atoms in total. The summed E-state index contributed by atoms with van der Waals surface area (Å²) >= 11 is 1.31. The van der Waals surface area contributed by atoms with E-state index >= 15 is 0 Å². The summed E-state index contributed by atoms with van der Waals surface area (Å²) in [5.74, 6) is 0.362. The molecule has 0 unspecified atom stereocenters. The average molecular weight is 342 g/mol.